The lowest BCUT2D eigenvalue weighted by atomic mass is 9.84. The first-order chi connectivity index (χ1) is 27.1. The summed E-state index contributed by atoms with van der Waals surface area (Å²) in [6.45, 7) is 0. The average Bonchev–Trinajstić information content (AvgIpc) is 3.60. The highest BCUT2D eigenvalue weighted by Gasteiger charge is 2.20. The maximum atomic E-state index is 9.29. The van der Waals surface area contributed by atoms with Crippen molar-refractivity contribution in [3.05, 3.63) is 133 Å². The molecule has 0 spiro atoms. The smallest absolute Gasteiger partial charge is 0.136 e. The van der Waals surface area contributed by atoms with Crippen LogP contribution in [-0.4, -0.2) is 0 Å². The number of para-hydroxylation sites is 1. The van der Waals surface area contributed by atoms with Crippen molar-refractivity contribution in [1.82, 2.24) is 0 Å². The largest absolute Gasteiger partial charge is 0.456 e. The summed E-state index contributed by atoms with van der Waals surface area (Å²) in [7, 11) is 0. The van der Waals surface area contributed by atoms with Crippen LogP contribution in [0.1, 0.15) is 28.8 Å². The van der Waals surface area contributed by atoms with Gasteiger partial charge in [0.05, 0.1) is 28.8 Å². The molecule has 0 N–H and O–H groups in total. The molecule has 1 aromatic heterocycles. The summed E-state index contributed by atoms with van der Waals surface area (Å²) in [5, 5.41) is -3.53. The third-order valence-corrected chi connectivity index (χ3v) is 6.17. The predicted octanol–water partition coefficient (Wildman–Crippen LogP) is 10.4. The number of hydrogen-bond donors (Lipinski definition) is 0. The van der Waals surface area contributed by atoms with Crippen molar-refractivity contribution in [2.75, 3.05) is 0 Å². The van der Waals surface area contributed by atoms with Gasteiger partial charge in [-0.25, -0.2) is 0 Å². The molecule has 37 heavy (non-hydrogen) atoms. The SMILES string of the molecule is [2H]c1c([2H])c([2H])c2c([2H])c([2H])c(-c3c4c([2H])c([2H])c([2H])c([2H])c4c(-c4c([2H])c([2H])c([2H])c5oc6c([2H])c([2H])c([2H])c([2H])c6c45)c4c([2H])c([2H])c([2H])c([2H])c34)cc2c1[2H]. The minimum absolute atomic E-state index is 0.284. The number of hydrogen-bond acceptors (Lipinski definition) is 1. The second-order valence-electron chi connectivity index (χ2n) is 8.11. The highest BCUT2D eigenvalue weighted by molar-refractivity contribution is 6.25. The van der Waals surface area contributed by atoms with Gasteiger partial charge in [0, 0.05) is 10.8 Å². The van der Waals surface area contributed by atoms with Crippen molar-refractivity contribution in [2.45, 2.75) is 0 Å². The van der Waals surface area contributed by atoms with Gasteiger partial charge in [-0.1, -0.05) is 115 Å². The summed E-state index contributed by atoms with van der Waals surface area (Å²) < 4.78 is 190. The molecule has 1 heteroatoms. The molecule has 8 rings (SSSR count). The molecule has 1 nitrogen and oxygen atoms in total. The third-order valence-electron chi connectivity index (χ3n) is 6.17. The highest BCUT2D eigenvalue weighted by atomic mass is 16.3. The Morgan fingerprint density at radius 2 is 1.00 bits per heavy atom. The minimum Gasteiger partial charge on any atom is -0.456 e. The Kier molecular flexibility index (Phi) is 1.82. The van der Waals surface area contributed by atoms with Gasteiger partial charge in [0.25, 0.3) is 0 Å². The second-order valence-corrected chi connectivity index (χ2v) is 8.11. The maximum absolute atomic E-state index is 9.29. The lowest BCUT2D eigenvalue weighted by Gasteiger charge is -2.18. The van der Waals surface area contributed by atoms with Gasteiger partial charge in [-0.15, -0.1) is 0 Å². The Labute approximate surface area is 243 Å². The van der Waals surface area contributed by atoms with Crippen molar-refractivity contribution in [3.8, 4) is 22.3 Å². The Hall–Kier alpha value is -4.88. The molecule has 0 bridgehead atoms. The Morgan fingerprint density at radius 3 is 1.73 bits per heavy atom. The van der Waals surface area contributed by atoms with Gasteiger partial charge in [0.1, 0.15) is 11.2 Å². The molecule has 0 aliphatic carbocycles. The van der Waals surface area contributed by atoms with Crippen LogP contribution in [0.25, 0.3) is 76.5 Å². The van der Waals surface area contributed by atoms with Gasteiger partial charge < -0.3 is 4.42 Å². The zero-order chi connectivity index (χ0) is 42.6. The number of fused-ring (bicyclic) bond motifs is 6. The number of furan rings is 1. The third kappa shape index (κ3) is 2.98. The molecule has 0 saturated heterocycles. The van der Waals surface area contributed by atoms with Crippen molar-refractivity contribution in [2.24, 2.45) is 0 Å². The molecule has 0 aliphatic rings. The van der Waals surface area contributed by atoms with E-state index in [0.717, 1.165) is 6.07 Å². The number of rotatable bonds is 2. The topological polar surface area (TPSA) is 13.1 Å². The van der Waals surface area contributed by atoms with E-state index >= 15 is 0 Å². The molecular weight excluding hydrogens is 448 g/mol. The molecule has 0 aliphatic heterocycles. The van der Waals surface area contributed by atoms with E-state index in [1.54, 1.807) is 0 Å². The molecule has 8 aromatic rings. The van der Waals surface area contributed by atoms with Gasteiger partial charge in [-0.05, 0) is 72.7 Å². The summed E-state index contributed by atoms with van der Waals surface area (Å²) in [5.41, 5.74) is -2.94. The summed E-state index contributed by atoms with van der Waals surface area (Å²) in [6.07, 6.45) is 0. The minimum atomic E-state index is -0.866. The summed E-state index contributed by atoms with van der Waals surface area (Å²) in [6, 6.07) is -15.1. The van der Waals surface area contributed by atoms with Gasteiger partial charge in [-0.2, -0.15) is 0 Å². The molecule has 0 atom stereocenters. The lowest BCUT2D eigenvalue weighted by Crippen LogP contribution is -1.91. The van der Waals surface area contributed by atoms with Crippen LogP contribution in [0.4, 0.5) is 0 Å². The van der Waals surface area contributed by atoms with E-state index in [-0.39, 0.29) is 21.5 Å². The van der Waals surface area contributed by atoms with E-state index in [4.69, 9.17) is 25.0 Å². The quantitative estimate of drug-likeness (QED) is 0.219. The van der Waals surface area contributed by atoms with Gasteiger partial charge in [-0.3, -0.25) is 0 Å². The fourth-order valence-electron chi connectivity index (χ4n) is 4.67. The van der Waals surface area contributed by atoms with Crippen LogP contribution < -0.4 is 0 Å². The molecule has 1 heterocycles. The average molecular weight is 492 g/mol. The van der Waals surface area contributed by atoms with E-state index < -0.39 is 182 Å². The van der Waals surface area contributed by atoms with Crippen LogP contribution in [0.15, 0.2) is 137 Å². The standard InChI is InChI=1S/C36H22O/c1-2-11-24-22-25(21-20-23(24)10-1)34-26-12-3-5-14-28(26)35(29-15-6-4-13-27(29)34)31-17-9-19-33-36(31)30-16-7-8-18-32(30)37-33/h1-22H/i1D,2D,3D,4D,5D,6D,7D,8D,9D,10D,11D,12D,13D,14D,15D,16D,17D,18D,19D,20D,21D. The van der Waals surface area contributed by atoms with Crippen LogP contribution >= 0.6 is 0 Å². The van der Waals surface area contributed by atoms with E-state index in [2.05, 4.69) is 0 Å². The first-order valence-corrected chi connectivity index (χ1v) is 11.0. The summed E-state index contributed by atoms with van der Waals surface area (Å²) in [4.78, 5) is 0. The number of benzene rings is 7. The van der Waals surface area contributed by atoms with Crippen LogP contribution in [0.5, 0.6) is 0 Å². The highest BCUT2D eigenvalue weighted by Crippen LogP contribution is 2.46. The first kappa shape index (κ1) is 8.61. The fraction of sp³-hybridized carbons (Fsp3) is 0. The molecule has 0 radical (unpaired) electrons. The monoisotopic (exact) mass is 491 g/mol. The van der Waals surface area contributed by atoms with Gasteiger partial charge >= 0.3 is 0 Å². The zero-order valence-corrected chi connectivity index (χ0v) is 18.5. The van der Waals surface area contributed by atoms with Crippen molar-refractivity contribution < 1.29 is 33.2 Å². The zero-order valence-electron chi connectivity index (χ0n) is 39.5. The van der Waals surface area contributed by atoms with Crippen LogP contribution in [-0.2, 0) is 0 Å². The van der Waals surface area contributed by atoms with E-state index in [1.165, 1.54) is 0 Å². The fourth-order valence-corrected chi connectivity index (χ4v) is 4.67. The van der Waals surface area contributed by atoms with E-state index in [9.17, 15) is 8.22 Å². The first-order valence-electron chi connectivity index (χ1n) is 21.5. The van der Waals surface area contributed by atoms with Crippen molar-refractivity contribution >= 4 is 54.3 Å². The van der Waals surface area contributed by atoms with Crippen LogP contribution in [0.2, 0.25) is 0 Å². The van der Waals surface area contributed by atoms with Crippen molar-refractivity contribution in [3.63, 3.8) is 0 Å². The molecule has 0 amide bonds. The predicted molar refractivity (Wildman–Crippen MR) is 157 cm³/mol. The lowest BCUT2D eigenvalue weighted by molar-refractivity contribution is 0.669. The van der Waals surface area contributed by atoms with Gasteiger partial charge in [0.15, 0.2) is 0 Å². The Bertz CT molecular complexity index is 3210. The molecule has 0 fully saturated rings. The second kappa shape index (κ2) is 7.81. The molecule has 0 unspecified atom stereocenters. The molecule has 0 saturated carbocycles. The maximum Gasteiger partial charge on any atom is 0.136 e. The van der Waals surface area contributed by atoms with Gasteiger partial charge in [0.2, 0.25) is 0 Å². The molecule has 172 valence electrons. The van der Waals surface area contributed by atoms with Crippen LogP contribution in [0, 0.1) is 0 Å². The van der Waals surface area contributed by atoms with E-state index in [1.807, 2.05) is 0 Å². The molecule has 7 aromatic carbocycles. The normalized spacial score (nSPS) is 19.7. The Balaban J connectivity index is 1.79. The van der Waals surface area contributed by atoms with E-state index in [0.29, 0.717) is 0 Å². The summed E-state index contributed by atoms with van der Waals surface area (Å²) in [5.74, 6) is 0. The summed E-state index contributed by atoms with van der Waals surface area (Å²) >= 11 is 0. The van der Waals surface area contributed by atoms with Crippen LogP contribution in [0.3, 0.4) is 0 Å². The Morgan fingerprint density at radius 1 is 0.432 bits per heavy atom. The van der Waals surface area contributed by atoms with Crippen molar-refractivity contribution in [1.29, 1.82) is 0 Å². The molecular formula is C36H22O.